The smallest absolute Gasteiger partial charge is 0.105 e. The van der Waals surface area contributed by atoms with Gasteiger partial charge in [0.15, 0.2) is 0 Å². The second-order valence-corrected chi connectivity index (χ2v) is 3.19. The molecule has 0 bridgehead atoms. The Hall–Kier alpha value is 1.04. The Kier molecular flexibility index (Phi) is 63.0. The summed E-state index contributed by atoms with van der Waals surface area (Å²) in [5.74, 6) is 9.11. The highest BCUT2D eigenvalue weighted by Crippen LogP contribution is 1.95. The Morgan fingerprint density at radius 1 is 1.09 bits per heavy atom. The average Bonchev–Trinajstić information content (AvgIpc) is 1.91. The minimum atomic E-state index is -0.222. The van der Waals surface area contributed by atoms with Gasteiger partial charge in [0.05, 0.1) is 0 Å². The van der Waals surface area contributed by atoms with Crippen molar-refractivity contribution < 1.29 is 5.48 Å². The Labute approximate surface area is 87.2 Å². The van der Waals surface area contributed by atoms with Crippen LogP contribution in [0.15, 0.2) is 0 Å². The molecule has 7 heteroatoms. The van der Waals surface area contributed by atoms with Gasteiger partial charge in [-0.1, -0.05) is 0 Å². The largest absolute Gasteiger partial charge is 0.412 e. The third kappa shape index (κ3) is 217. The fraction of sp³-hybridized carbons (Fsp3) is 1.00. The first kappa shape index (κ1) is 22.7. The molecule has 0 amide bonds. The van der Waals surface area contributed by atoms with Crippen LogP contribution in [0.5, 0.6) is 0 Å². The van der Waals surface area contributed by atoms with Gasteiger partial charge in [-0.15, -0.1) is 46.4 Å². The van der Waals surface area contributed by atoms with Crippen molar-refractivity contribution in [1.82, 2.24) is 0 Å². The summed E-state index contributed by atoms with van der Waals surface area (Å²) >= 11 is 20.2. The van der Waals surface area contributed by atoms with Crippen molar-refractivity contribution in [2.75, 3.05) is 11.8 Å². The van der Waals surface area contributed by atoms with Gasteiger partial charge in [-0.2, -0.15) is 0 Å². The summed E-state index contributed by atoms with van der Waals surface area (Å²) in [6, 6.07) is 0. The lowest BCUT2D eigenvalue weighted by Gasteiger charge is -1.72. The first-order valence-corrected chi connectivity index (χ1v) is 4.32. The highest BCUT2D eigenvalue weighted by atomic mass is 35.5. The fourth-order valence-electron chi connectivity index (χ4n) is 0. The molecule has 0 atom stereocenters. The predicted octanol–water partition coefficient (Wildman–Crippen LogP) is 1.27. The van der Waals surface area contributed by atoms with Crippen molar-refractivity contribution in [1.29, 1.82) is 0 Å². The van der Waals surface area contributed by atoms with Crippen LogP contribution in [-0.2, 0) is 0 Å². The second-order valence-electron chi connectivity index (χ2n) is 0.897. The average molecular weight is 248 g/mol. The van der Waals surface area contributed by atoms with Gasteiger partial charge < -0.3 is 5.48 Å². The van der Waals surface area contributed by atoms with Crippen LogP contribution >= 0.6 is 46.4 Å². The Balaban J connectivity index is -0.0000000339. The maximum atomic E-state index is 5.05. The normalized spacial score (nSPS) is 6.55. The van der Waals surface area contributed by atoms with Crippen molar-refractivity contribution in [3.63, 3.8) is 0 Å². The van der Waals surface area contributed by atoms with E-state index in [1.54, 1.807) is 6.92 Å². The standard InChI is InChI=1S/2C2H4Cl2.H4N2.H2O/c1-2(3)4;3-1-2-4;1-2;/h2H,1H3;1-2H2;1-2H2;1H2. The molecule has 6 N–H and O–H groups in total. The zero-order valence-corrected chi connectivity index (χ0v) is 9.18. The summed E-state index contributed by atoms with van der Waals surface area (Å²) in [6.45, 7) is 1.70. The first-order chi connectivity index (χ1) is 4.65. The molecular formula is C4H14Cl4N2O. The van der Waals surface area contributed by atoms with E-state index in [-0.39, 0.29) is 10.3 Å². The van der Waals surface area contributed by atoms with Crippen LogP contribution in [0.4, 0.5) is 0 Å². The molecule has 11 heavy (non-hydrogen) atoms. The monoisotopic (exact) mass is 246 g/mol. The number of hydrogen-bond acceptors (Lipinski definition) is 2. The molecule has 0 aliphatic rings. The number of hydrazine groups is 1. The van der Waals surface area contributed by atoms with E-state index in [9.17, 15) is 0 Å². The maximum absolute atomic E-state index is 5.05. The van der Waals surface area contributed by atoms with Crippen LogP contribution in [0.3, 0.4) is 0 Å². The van der Waals surface area contributed by atoms with Gasteiger partial charge in [0.1, 0.15) is 4.84 Å². The Morgan fingerprint density at radius 3 is 1.18 bits per heavy atom. The van der Waals surface area contributed by atoms with Gasteiger partial charge in [0, 0.05) is 11.8 Å². The summed E-state index contributed by atoms with van der Waals surface area (Å²) < 4.78 is 0. The van der Waals surface area contributed by atoms with E-state index in [1.165, 1.54) is 0 Å². The summed E-state index contributed by atoms with van der Waals surface area (Å²) in [5, 5.41) is 0. The van der Waals surface area contributed by atoms with Gasteiger partial charge in [-0.05, 0) is 6.92 Å². The molecule has 0 fully saturated rings. The number of alkyl halides is 4. The SMILES string of the molecule is CC(Cl)Cl.ClCCCl.NN.O. The topological polar surface area (TPSA) is 83.5 Å². The number of halogens is 4. The molecule has 0 spiro atoms. The van der Waals surface area contributed by atoms with Crippen molar-refractivity contribution >= 4 is 46.4 Å². The number of nitrogens with two attached hydrogens (primary N) is 2. The van der Waals surface area contributed by atoms with Gasteiger partial charge in [0.2, 0.25) is 0 Å². The van der Waals surface area contributed by atoms with Crippen molar-refractivity contribution in [2.24, 2.45) is 11.7 Å². The highest BCUT2D eigenvalue weighted by molar-refractivity contribution is 6.43. The molecule has 0 radical (unpaired) electrons. The third-order valence-electron chi connectivity index (χ3n) is 0.0714. The van der Waals surface area contributed by atoms with E-state index in [2.05, 4.69) is 11.7 Å². The minimum absolute atomic E-state index is 0. The summed E-state index contributed by atoms with van der Waals surface area (Å²) in [7, 11) is 0. The summed E-state index contributed by atoms with van der Waals surface area (Å²) in [5.41, 5.74) is 0. The molecule has 0 aromatic carbocycles. The lowest BCUT2D eigenvalue weighted by atomic mass is 11.0. The predicted molar refractivity (Wildman–Crippen MR) is 54.6 cm³/mol. The molecule has 0 unspecified atom stereocenters. The van der Waals surface area contributed by atoms with Crippen LogP contribution in [-0.4, -0.2) is 22.1 Å². The van der Waals surface area contributed by atoms with Crippen molar-refractivity contribution in [3.8, 4) is 0 Å². The van der Waals surface area contributed by atoms with Crippen LogP contribution < -0.4 is 11.7 Å². The van der Waals surface area contributed by atoms with Crippen molar-refractivity contribution in [3.05, 3.63) is 0 Å². The third-order valence-corrected chi connectivity index (χ3v) is 0.643. The zero-order chi connectivity index (χ0) is 8.99. The van der Waals surface area contributed by atoms with Crippen LogP contribution in [0, 0.1) is 0 Å². The van der Waals surface area contributed by atoms with E-state index in [1.807, 2.05) is 0 Å². The van der Waals surface area contributed by atoms with E-state index in [4.69, 9.17) is 46.4 Å². The quantitative estimate of drug-likeness (QED) is 0.416. The first-order valence-electron chi connectivity index (χ1n) is 2.38. The van der Waals surface area contributed by atoms with E-state index in [0.717, 1.165) is 0 Å². The molecular weight excluding hydrogens is 234 g/mol. The molecule has 0 aliphatic carbocycles. The molecule has 0 heterocycles. The molecule has 74 valence electrons. The van der Waals surface area contributed by atoms with E-state index >= 15 is 0 Å². The molecule has 0 aromatic heterocycles. The van der Waals surface area contributed by atoms with Gasteiger partial charge in [-0.3, -0.25) is 11.7 Å². The van der Waals surface area contributed by atoms with Crippen LogP contribution in [0.2, 0.25) is 0 Å². The molecule has 0 aliphatic heterocycles. The Bertz CT molecular complexity index is 36.5. The van der Waals surface area contributed by atoms with Gasteiger partial charge in [0.25, 0.3) is 0 Å². The Morgan fingerprint density at radius 2 is 1.18 bits per heavy atom. The highest BCUT2D eigenvalue weighted by Gasteiger charge is 1.75. The summed E-state index contributed by atoms with van der Waals surface area (Å²) in [4.78, 5) is -0.222. The lowest BCUT2D eigenvalue weighted by Crippen LogP contribution is -2.02. The molecule has 0 saturated heterocycles. The summed E-state index contributed by atoms with van der Waals surface area (Å²) in [6.07, 6.45) is 0. The lowest BCUT2D eigenvalue weighted by molar-refractivity contribution is 0.824. The molecule has 0 aromatic rings. The van der Waals surface area contributed by atoms with Crippen molar-refractivity contribution in [2.45, 2.75) is 11.8 Å². The van der Waals surface area contributed by atoms with Gasteiger partial charge >= 0.3 is 0 Å². The molecule has 0 saturated carbocycles. The zero-order valence-electron chi connectivity index (χ0n) is 6.16. The molecule has 3 nitrogen and oxygen atoms in total. The second kappa shape index (κ2) is 30.5. The number of rotatable bonds is 1. The van der Waals surface area contributed by atoms with Crippen LogP contribution in [0.1, 0.15) is 6.92 Å². The van der Waals surface area contributed by atoms with Gasteiger partial charge in [-0.25, -0.2) is 0 Å². The van der Waals surface area contributed by atoms with Crippen LogP contribution in [0.25, 0.3) is 0 Å². The fourth-order valence-corrected chi connectivity index (χ4v) is 0. The number of hydrogen-bond donors (Lipinski definition) is 2. The van der Waals surface area contributed by atoms with E-state index < -0.39 is 0 Å². The maximum Gasteiger partial charge on any atom is 0.105 e. The van der Waals surface area contributed by atoms with E-state index in [0.29, 0.717) is 11.8 Å². The molecule has 0 rings (SSSR count). The minimum Gasteiger partial charge on any atom is -0.412 e.